The average Bonchev–Trinajstić information content (AvgIpc) is 3.42. The molecule has 3 N–H and O–H groups in total. The molecule has 0 aliphatic rings. The number of ether oxygens (including phenoxy) is 1. The summed E-state index contributed by atoms with van der Waals surface area (Å²) in [6.07, 6.45) is -0.234. The van der Waals surface area contributed by atoms with E-state index in [1.165, 1.54) is 36.0 Å². The number of imidazole rings is 1. The van der Waals surface area contributed by atoms with Crippen LogP contribution in [0.1, 0.15) is 24.6 Å². The number of aromatic amines is 1. The molecule has 9 nitrogen and oxygen atoms in total. The predicted octanol–water partition coefficient (Wildman–Crippen LogP) is 2.72. The Hall–Kier alpha value is -4.27. The third kappa shape index (κ3) is 6.86. The largest absolute Gasteiger partial charge is 0.491 e. The van der Waals surface area contributed by atoms with Crippen LogP contribution in [0.25, 0.3) is 11.4 Å². The maximum absolute atomic E-state index is 12.9. The minimum atomic E-state index is -4.57. The molecule has 0 spiro atoms. The van der Waals surface area contributed by atoms with Gasteiger partial charge in [0.05, 0.1) is 30.3 Å². The molecule has 0 saturated heterocycles. The number of hydrogen-bond donors (Lipinski definition) is 3. The second-order valence-corrected chi connectivity index (χ2v) is 7.15. The maximum atomic E-state index is 12.9. The molecule has 0 saturated carbocycles. The minimum absolute atomic E-state index is 0.0264. The van der Waals surface area contributed by atoms with E-state index in [4.69, 9.17) is 4.74 Å². The van der Waals surface area contributed by atoms with Crippen LogP contribution < -0.4 is 15.4 Å². The highest BCUT2D eigenvalue weighted by Crippen LogP contribution is 2.32. The van der Waals surface area contributed by atoms with Gasteiger partial charge in [0, 0.05) is 38.2 Å². The standard InChI is InChI=1S/C22H21F3N6O3/c1-14(32)26-8-3-9-34-18-6-5-16(21-27-12-19(30-21)22(23,24)25)10-17(18)29-20(33)7-4-15-11-28-31(2)13-15/h5-6,10-13H,3,8-9H2,1-2H3,(H,26,32)(H,27,30)(H,29,33). The first-order valence-corrected chi connectivity index (χ1v) is 10.1. The molecule has 0 radical (unpaired) electrons. The number of anilines is 1. The summed E-state index contributed by atoms with van der Waals surface area (Å²) in [7, 11) is 1.71. The molecule has 12 heteroatoms. The van der Waals surface area contributed by atoms with E-state index >= 15 is 0 Å². The molecule has 0 aliphatic heterocycles. The average molecular weight is 474 g/mol. The smallest absolute Gasteiger partial charge is 0.432 e. The molecule has 2 amide bonds. The molecule has 34 heavy (non-hydrogen) atoms. The maximum Gasteiger partial charge on any atom is 0.432 e. The van der Waals surface area contributed by atoms with Crippen molar-refractivity contribution in [1.82, 2.24) is 25.1 Å². The summed E-state index contributed by atoms with van der Waals surface area (Å²) < 4.78 is 46.0. The van der Waals surface area contributed by atoms with Crippen LogP contribution in [-0.4, -0.2) is 44.7 Å². The molecule has 3 rings (SSSR count). The quantitative estimate of drug-likeness (QED) is 0.360. The Morgan fingerprint density at radius 2 is 2.06 bits per heavy atom. The van der Waals surface area contributed by atoms with Crippen LogP contribution >= 0.6 is 0 Å². The summed E-state index contributed by atoms with van der Waals surface area (Å²) in [6.45, 7) is 2.03. The minimum Gasteiger partial charge on any atom is -0.491 e. The second-order valence-electron chi connectivity index (χ2n) is 7.15. The number of amides is 2. The predicted molar refractivity (Wildman–Crippen MR) is 117 cm³/mol. The summed E-state index contributed by atoms with van der Waals surface area (Å²) in [4.78, 5) is 29.3. The summed E-state index contributed by atoms with van der Waals surface area (Å²) in [6, 6.07) is 4.46. The van der Waals surface area contributed by atoms with Crippen LogP contribution in [0.5, 0.6) is 5.75 Å². The van der Waals surface area contributed by atoms with Gasteiger partial charge in [0.2, 0.25) is 5.91 Å². The highest BCUT2D eigenvalue weighted by molar-refractivity contribution is 6.05. The molecule has 3 aromatic rings. The number of carbonyl (C=O) groups is 2. The van der Waals surface area contributed by atoms with Crippen LogP contribution in [0.4, 0.5) is 18.9 Å². The van der Waals surface area contributed by atoms with Gasteiger partial charge in [-0.3, -0.25) is 14.3 Å². The van der Waals surface area contributed by atoms with Crippen LogP contribution in [0.2, 0.25) is 0 Å². The van der Waals surface area contributed by atoms with Crippen LogP contribution in [0.3, 0.4) is 0 Å². The van der Waals surface area contributed by atoms with E-state index in [0.29, 0.717) is 30.3 Å². The van der Waals surface area contributed by atoms with Crippen molar-refractivity contribution in [3.63, 3.8) is 0 Å². The van der Waals surface area contributed by atoms with E-state index in [2.05, 4.69) is 37.5 Å². The van der Waals surface area contributed by atoms with E-state index in [1.807, 2.05) is 0 Å². The van der Waals surface area contributed by atoms with Gasteiger partial charge in [-0.25, -0.2) is 4.98 Å². The lowest BCUT2D eigenvalue weighted by molar-refractivity contribution is -0.140. The Kier molecular flexibility index (Phi) is 7.57. The summed E-state index contributed by atoms with van der Waals surface area (Å²) >= 11 is 0. The van der Waals surface area contributed by atoms with E-state index in [1.54, 1.807) is 13.2 Å². The molecule has 0 unspecified atom stereocenters. The van der Waals surface area contributed by atoms with Gasteiger partial charge in [0.15, 0.2) is 0 Å². The number of nitrogens with zero attached hydrogens (tertiary/aromatic N) is 3. The summed E-state index contributed by atoms with van der Waals surface area (Å²) in [5.74, 6) is 4.54. The molecule has 178 valence electrons. The molecular weight excluding hydrogens is 453 g/mol. The second kappa shape index (κ2) is 10.6. The van der Waals surface area contributed by atoms with Gasteiger partial charge in [-0.2, -0.15) is 18.3 Å². The Morgan fingerprint density at radius 1 is 1.26 bits per heavy atom. The fourth-order valence-corrected chi connectivity index (χ4v) is 2.80. The van der Waals surface area contributed by atoms with E-state index in [-0.39, 0.29) is 29.8 Å². The number of carbonyl (C=O) groups excluding carboxylic acids is 2. The lowest BCUT2D eigenvalue weighted by Gasteiger charge is -2.13. The first-order chi connectivity index (χ1) is 16.1. The van der Waals surface area contributed by atoms with Crippen molar-refractivity contribution in [1.29, 1.82) is 0 Å². The van der Waals surface area contributed by atoms with Gasteiger partial charge in [0.1, 0.15) is 17.3 Å². The number of benzene rings is 1. The van der Waals surface area contributed by atoms with Crippen molar-refractivity contribution in [2.75, 3.05) is 18.5 Å². The molecule has 0 fully saturated rings. The van der Waals surface area contributed by atoms with Crippen LogP contribution in [-0.2, 0) is 22.8 Å². The number of H-pyrrole nitrogens is 1. The number of alkyl halides is 3. The fraction of sp³-hybridized carbons (Fsp3) is 0.273. The number of halogens is 3. The van der Waals surface area contributed by atoms with Gasteiger partial charge in [-0.15, -0.1) is 0 Å². The molecular formula is C22H21F3N6O3. The van der Waals surface area contributed by atoms with E-state index < -0.39 is 17.8 Å². The third-order valence-electron chi connectivity index (χ3n) is 4.36. The lowest BCUT2D eigenvalue weighted by Crippen LogP contribution is -2.22. The SMILES string of the molecule is CC(=O)NCCCOc1ccc(-c2ncc(C(F)(F)F)[nH]2)cc1NC(=O)C#Cc1cnn(C)c1. The van der Waals surface area contributed by atoms with Crippen molar-refractivity contribution in [3.8, 4) is 29.0 Å². The highest BCUT2D eigenvalue weighted by Gasteiger charge is 2.33. The van der Waals surface area contributed by atoms with Crippen LogP contribution in [0, 0.1) is 11.8 Å². The molecule has 0 aliphatic carbocycles. The lowest BCUT2D eigenvalue weighted by atomic mass is 10.1. The zero-order valence-corrected chi connectivity index (χ0v) is 18.3. The Bertz CT molecular complexity index is 1240. The van der Waals surface area contributed by atoms with Gasteiger partial charge in [-0.1, -0.05) is 5.92 Å². The molecule has 0 bridgehead atoms. The van der Waals surface area contributed by atoms with Crippen LogP contribution in [0.15, 0.2) is 36.8 Å². The normalized spacial score (nSPS) is 10.9. The number of aryl methyl sites for hydroxylation is 1. The van der Waals surface area contributed by atoms with Gasteiger partial charge in [-0.05, 0) is 24.6 Å². The molecule has 2 heterocycles. The fourth-order valence-electron chi connectivity index (χ4n) is 2.80. The summed E-state index contributed by atoms with van der Waals surface area (Å²) in [5, 5.41) is 9.20. The zero-order chi connectivity index (χ0) is 24.7. The van der Waals surface area contributed by atoms with Gasteiger partial charge >= 0.3 is 12.1 Å². The third-order valence-corrected chi connectivity index (χ3v) is 4.36. The Morgan fingerprint density at radius 3 is 2.71 bits per heavy atom. The Labute approximate surface area is 192 Å². The van der Waals surface area contributed by atoms with Crippen molar-refractivity contribution < 1.29 is 27.5 Å². The first-order valence-electron chi connectivity index (χ1n) is 10.1. The van der Waals surface area contributed by atoms with E-state index in [0.717, 1.165) is 0 Å². The van der Waals surface area contributed by atoms with Crippen molar-refractivity contribution in [2.24, 2.45) is 7.05 Å². The zero-order valence-electron chi connectivity index (χ0n) is 18.3. The van der Waals surface area contributed by atoms with Crippen molar-refractivity contribution in [2.45, 2.75) is 19.5 Å². The number of nitrogens with one attached hydrogen (secondary N) is 3. The number of aromatic nitrogens is 4. The number of rotatable bonds is 7. The van der Waals surface area contributed by atoms with Gasteiger partial charge < -0.3 is 20.4 Å². The molecule has 1 aromatic carbocycles. The van der Waals surface area contributed by atoms with Crippen molar-refractivity contribution in [3.05, 3.63) is 48.0 Å². The first kappa shape index (κ1) is 24.4. The van der Waals surface area contributed by atoms with E-state index in [9.17, 15) is 22.8 Å². The monoisotopic (exact) mass is 474 g/mol. The molecule has 2 aromatic heterocycles. The summed E-state index contributed by atoms with van der Waals surface area (Å²) in [5.41, 5.74) is 0.0499. The van der Waals surface area contributed by atoms with Crippen molar-refractivity contribution >= 4 is 17.5 Å². The van der Waals surface area contributed by atoms with Gasteiger partial charge in [0.25, 0.3) is 0 Å². The highest BCUT2D eigenvalue weighted by atomic mass is 19.4. The topological polar surface area (TPSA) is 114 Å². The molecule has 0 atom stereocenters. The number of hydrogen-bond acceptors (Lipinski definition) is 5. The Balaban J connectivity index is 1.80.